The Bertz CT molecular complexity index is 1110. The third kappa shape index (κ3) is 3.48. The Balaban J connectivity index is 1.47. The molecule has 2 amide bonds. The fourth-order valence-corrected chi connectivity index (χ4v) is 6.24. The van der Waals surface area contributed by atoms with Crippen molar-refractivity contribution in [3.8, 4) is 6.07 Å². The van der Waals surface area contributed by atoms with Crippen molar-refractivity contribution in [3.05, 3.63) is 29.3 Å². The summed E-state index contributed by atoms with van der Waals surface area (Å²) in [6.07, 6.45) is -5.33. The van der Waals surface area contributed by atoms with Gasteiger partial charge in [-0.2, -0.15) is 18.4 Å². The number of benzene rings is 1. The number of methoxy groups -OCH3 is 1. The lowest BCUT2D eigenvalue weighted by Crippen LogP contribution is -2.58. The molecule has 5 rings (SSSR count). The molecule has 1 spiro atoms. The second-order valence-electron chi connectivity index (χ2n) is 9.44. The van der Waals surface area contributed by atoms with Gasteiger partial charge in [-0.1, -0.05) is 0 Å². The zero-order valence-electron chi connectivity index (χ0n) is 19.1. The van der Waals surface area contributed by atoms with E-state index in [0.29, 0.717) is 12.8 Å². The number of hydrogen-bond acceptors (Lipinski definition) is 7. The summed E-state index contributed by atoms with van der Waals surface area (Å²) >= 11 is 0. The van der Waals surface area contributed by atoms with Crippen LogP contribution < -0.4 is 10.2 Å². The van der Waals surface area contributed by atoms with Crippen molar-refractivity contribution < 1.29 is 41.7 Å². The molecule has 35 heavy (non-hydrogen) atoms. The fraction of sp³-hybridized carbons (Fsp3) is 0.609. The van der Waals surface area contributed by atoms with Crippen LogP contribution in [0.1, 0.15) is 30.9 Å². The maximum Gasteiger partial charge on any atom is 0.417 e. The van der Waals surface area contributed by atoms with Crippen LogP contribution in [0.3, 0.4) is 0 Å². The summed E-state index contributed by atoms with van der Waals surface area (Å²) < 4.78 is 63.1. The second-order valence-corrected chi connectivity index (χ2v) is 9.44. The largest absolute Gasteiger partial charge is 0.447 e. The summed E-state index contributed by atoms with van der Waals surface area (Å²) in [4.78, 5) is 27.3. The molecule has 6 atom stereocenters. The lowest BCUT2D eigenvalue weighted by atomic mass is 9.64. The quantitative estimate of drug-likeness (QED) is 0.626. The molecule has 4 aliphatic heterocycles. The summed E-state index contributed by atoms with van der Waals surface area (Å²) in [7, 11) is 1.48. The molecule has 4 aliphatic rings. The smallest absolute Gasteiger partial charge is 0.417 e. The Morgan fingerprint density at radius 1 is 1.37 bits per heavy atom. The highest BCUT2D eigenvalue weighted by Gasteiger charge is 2.78. The van der Waals surface area contributed by atoms with Gasteiger partial charge in [-0.05, 0) is 25.1 Å². The molecule has 2 bridgehead atoms. The molecular weight excluding hydrogens is 471 g/mol. The van der Waals surface area contributed by atoms with Crippen LogP contribution in [-0.2, 0) is 29.9 Å². The number of anilines is 1. The highest BCUT2D eigenvalue weighted by atomic mass is 19.4. The van der Waals surface area contributed by atoms with Gasteiger partial charge in [0.25, 0.3) is 0 Å². The minimum Gasteiger partial charge on any atom is -0.447 e. The number of halogens is 3. The number of amides is 2. The molecule has 0 unspecified atom stereocenters. The van der Waals surface area contributed by atoms with Crippen molar-refractivity contribution in [2.45, 2.75) is 49.4 Å². The normalized spacial score (nSPS) is 35.1. The van der Waals surface area contributed by atoms with E-state index in [2.05, 4.69) is 5.32 Å². The number of rotatable bonds is 5. The number of carbonyl (C=O) groups is 2. The Morgan fingerprint density at radius 3 is 2.83 bits per heavy atom. The van der Waals surface area contributed by atoms with Crippen LogP contribution in [0, 0.1) is 23.2 Å². The molecule has 188 valence electrons. The Hall–Kier alpha value is -2.88. The highest BCUT2D eigenvalue weighted by Crippen LogP contribution is 2.65. The van der Waals surface area contributed by atoms with Crippen molar-refractivity contribution in [1.29, 1.82) is 5.26 Å². The van der Waals surface area contributed by atoms with Crippen LogP contribution >= 0.6 is 0 Å². The van der Waals surface area contributed by atoms with Gasteiger partial charge in [0.2, 0.25) is 5.91 Å². The van der Waals surface area contributed by atoms with Crippen LogP contribution in [0.2, 0.25) is 0 Å². The molecule has 1 aromatic rings. The predicted molar refractivity (Wildman–Crippen MR) is 112 cm³/mol. The maximum atomic E-state index is 13.7. The second kappa shape index (κ2) is 8.08. The monoisotopic (exact) mass is 495 g/mol. The van der Waals surface area contributed by atoms with Crippen molar-refractivity contribution >= 4 is 17.7 Å². The van der Waals surface area contributed by atoms with Crippen molar-refractivity contribution in [3.63, 3.8) is 0 Å². The lowest BCUT2D eigenvalue weighted by molar-refractivity contribution is -0.141. The summed E-state index contributed by atoms with van der Waals surface area (Å²) in [6.45, 7) is 2.27. The van der Waals surface area contributed by atoms with Crippen LogP contribution in [0.15, 0.2) is 18.2 Å². The zero-order valence-corrected chi connectivity index (χ0v) is 19.1. The number of fused-ring (bicyclic) bond motifs is 2. The molecule has 12 heteroatoms. The van der Waals surface area contributed by atoms with E-state index in [1.54, 1.807) is 13.0 Å². The molecule has 0 saturated carbocycles. The van der Waals surface area contributed by atoms with E-state index in [1.165, 1.54) is 18.1 Å². The summed E-state index contributed by atoms with van der Waals surface area (Å²) in [6, 6.07) is 4.22. The number of nitrogens with zero attached hydrogens (tertiary/aromatic N) is 2. The van der Waals surface area contributed by atoms with Gasteiger partial charge < -0.3 is 24.3 Å². The summed E-state index contributed by atoms with van der Waals surface area (Å²) in [5.41, 5.74) is -3.50. The molecule has 9 nitrogen and oxygen atoms in total. The van der Waals surface area contributed by atoms with Crippen LogP contribution in [0.25, 0.3) is 0 Å². The van der Waals surface area contributed by atoms with Gasteiger partial charge in [0.1, 0.15) is 12.8 Å². The molecular formula is C23H24F3N3O6. The molecule has 4 heterocycles. The number of alkyl halides is 3. The Morgan fingerprint density at radius 2 is 2.14 bits per heavy atom. The van der Waals surface area contributed by atoms with Gasteiger partial charge in [-0.15, -0.1) is 0 Å². The first-order valence-corrected chi connectivity index (χ1v) is 11.2. The number of nitrogens with one attached hydrogen (secondary N) is 1. The Kier molecular flexibility index (Phi) is 5.50. The first-order chi connectivity index (χ1) is 16.6. The van der Waals surface area contributed by atoms with E-state index in [4.69, 9.17) is 24.2 Å². The number of hydrogen-bond donors (Lipinski definition) is 1. The predicted octanol–water partition coefficient (Wildman–Crippen LogP) is 2.58. The lowest BCUT2D eigenvalue weighted by Gasteiger charge is -2.42. The number of carbonyl (C=O) groups excluding carboxylic acids is 2. The van der Waals surface area contributed by atoms with Gasteiger partial charge in [-0.3, -0.25) is 9.69 Å². The van der Waals surface area contributed by atoms with Crippen molar-refractivity contribution in [2.24, 2.45) is 11.8 Å². The molecule has 1 N–H and O–H groups in total. The van der Waals surface area contributed by atoms with Gasteiger partial charge in [0, 0.05) is 31.6 Å². The molecule has 0 radical (unpaired) electrons. The number of nitriles is 1. The van der Waals surface area contributed by atoms with Crippen molar-refractivity contribution in [2.75, 3.05) is 31.8 Å². The van der Waals surface area contributed by atoms with E-state index in [1.807, 2.05) is 0 Å². The third-order valence-electron chi connectivity index (χ3n) is 7.65. The van der Waals surface area contributed by atoms with E-state index >= 15 is 0 Å². The molecule has 4 saturated heterocycles. The maximum absolute atomic E-state index is 13.7. The molecule has 1 aromatic carbocycles. The molecule has 0 aliphatic carbocycles. The topological polar surface area (TPSA) is 110 Å². The van der Waals surface area contributed by atoms with Gasteiger partial charge >= 0.3 is 12.3 Å². The highest BCUT2D eigenvalue weighted by molar-refractivity contribution is 6.00. The third-order valence-corrected chi connectivity index (χ3v) is 7.65. The minimum atomic E-state index is -4.76. The first kappa shape index (κ1) is 23.8. The Labute approximate surface area is 199 Å². The standard InChI is InChI=1S/C23H24F3N3O6/c1-21-15(28-20(31)34-8-7-32-2)10-22(35-21)5-6-33-19-17(22)16(21)18(30)29(19)13-4-3-12(11-27)14(9-13)23(24,25)26/h3-4,9,15-17,19H,5-8,10H2,1-2H3,(H,28,31)/t15-,16+,17-,19-,21+,22-/m0/s1. The van der Waals surface area contributed by atoms with E-state index < -0.39 is 64.6 Å². The fourth-order valence-electron chi connectivity index (χ4n) is 6.24. The summed E-state index contributed by atoms with van der Waals surface area (Å²) in [5, 5.41) is 11.9. The minimum absolute atomic E-state index is 0.00394. The van der Waals surface area contributed by atoms with Crippen LogP contribution in [-0.4, -0.2) is 62.4 Å². The van der Waals surface area contributed by atoms with Crippen molar-refractivity contribution in [1.82, 2.24) is 5.32 Å². The van der Waals surface area contributed by atoms with E-state index in [-0.39, 0.29) is 25.5 Å². The van der Waals surface area contributed by atoms with Crippen LogP contribution in [0.5, 0.6) is 0 Å². The summed E-state index contributed by atoms with van der Waals surface area (Å²) in [5.74, 6) is -1.60. The van der Waals surface area contributed by atoms with Gasteiger partial charge in [-0.25, -0.2) is 4.79 Å². The van der Waals surface area contributed by atoms with Gasteiger partial charge in [0.15, 0.2) is 0 Å². The molecule has 0 aromatic heterocycles. The molecule has 4 fully saturated rings. The van der Waals surface area contributed by atoms with Crippen LogP contribution in [0.4, 0.5) is 23.7 Å². The first-order valence-electron chi connectivity index (χ1n) is 11.2. The number of alkyl carbamates (subject to hydrolysis) is 1. The van der Waals surface area contributed by atoms with E-state index in [9.17, 15) is 22.8 Å². The number of ether oxygens (including phenoxy) is 4. The van der Waals surface area contributed by atoms with Gasteiger partial charge in [0.05, 0.1) is 53.6 Å². The average Bonchev–Trinajstić information content (AvgIpc) is 3.36. The average molecular weight is 495 g/mol. The van der Waals surface area contributed by atoms with E-state index in [0.717, 1.165) is 12.1 Å². The SMILES string of the molecule is COCCOC(=O)N[C@H]1C[C@@]23CCO[C@H]4[C@@H]2[C@H](C(=O)N4c2ccc(C#N)c(C(F)(F)F)c2)[C@]1(C)O3. The zero-order chi connectivity index (χ0) is 25.2.